The van der Waals surface area contributed by atoms with Gasteiger partial charge in [-0.3, -0.25) is 9.69 Å². The zero-order valence-corrected chi connectivity index (χ0v) is 14.0. The molecule has 122 valence electrons. The molecule has 2 rings (SSSR count). The Morgan fingerprint density at radius 3 is 2.41 bits per heavy atom. The quantitative estimate of drug-likeness (QED) is 0.503. The van der Waals surface area contributed by atoms with Crippen molar-refractivity contribution in [1.29, 1.82) is 0 Å². The van der Waals surface area contributed by atoms with Crippen LogP contribution in [-0.4, -0.2) is 36.9 Å². The van der Waals surface area contributed by atoms with Crippen molar-refractivity contribution in [3.05, 3.63) is 29.8 Å². The summed E-state index contributed by atoms with van der Waals surface area (Å²) in [5.74, 6) is 1.08. The van der Waals surface area contributed by atoms with E-state index in [0.717, 1.165) is 37.2 Å². The number of likely N-dealkylation sites (tertiary alicyclic amines) is 1. The fourth-order valence-corrected chi connectivity index (χ4v) is 3.24. The van der Waals surface area contributed by atoms with Gasteiger partial charge in [0.05, 0.1) is 13.2 Å². The Hall–Kier alpha value is -1.35. The number of rotatable bonds is 9. The molecule has 0 spiro atoms. The number of carbonyl (C=O) groups is 1. The van der Waals surface area contributed by atoms with E-state index in [1.807, 2.05) is 24.3 Å². The predicted octanol–water partition coefficient (Wildman–Crippen LogP) is 4.31. The van der Waals surface area contributed by atoms with Gasteiger partial charge in [-0.25, -0.2) is 0 Å². The summed E-state index contributed by atoms with van der Waals surface area (Å²) >= 11 is 0. The minimum Gasteiger partial charge on any atom is -0.497 e. The van der Waals surface area contributed by atoms with Crippen LogP contribution in [0.1, 0.15) is 62.2 Å². The largest absolute Gasteiger partial charge is 0.497 e. The Morgan fingerprint density at radius 1 is 1.14 bits per heavy atom. The van der Waals surface area contributed by atoms with Crippen LogP contribution in [0.15, 0.2) is 24.3 Å². The number of unbranched alkanes of at least 4 members (excludes halogenated alkanes) is 3. The summed E-state index contributed by atoms with van der Waals surface area (Å²) in [6, 6.07) is 7.62. The lowest BCUT2D eigenvalue weighted by Crippen LogP contribution is -2.39. The fourth-order valence-electron chi connectivity index (χ4n) is 3.24. The van der Waals surface area contributed by atoms with Gasteiger partial charge in [0.2, 0.25) is 0 Å². The first-order valence-electron chi connectivity index (χ1n) is 8.68. The molecule has 0 aromatic heterocycles. The van der Waals surface area contributed by atoms with Crippen LogP contribution >= 0.6 is 0 Å². The lowest BCUT2D eigenvalue weighted by Gasteiger charge is -2.26. The highest BCUT2D eigenvalue weighted by Crippen LogP contribution is 2.22. The van der Waals surface area contributed by atoms with E-state index in [1.165, 1.54) is 32.1 Å². The van der Waals surface area contributed by atoms with Gasteiger partial charge < -0.3 is 4.74 Å². The number of Topliss-reactive ketones (excluding diaryl/α,β-unsaturated/α-hetero) is 1. The van der Waals surface area contributed by atoms with Crippen molar-refractivity contribution in [3.63, 3.8) is 0 Å². The Labute approximate surface area is 134 Å². The number of carbonyl (C=O) groups excluding carboxylic acids is 1. The first-order chi connectivity index (χ1) is 10.8. The summed E-state index contributed by atoms with van der Waals surface area (Å²) in [6.07, 6.45) is 8.32. The van der Waals surface area contributed by atoms with Crippen molar-refractivity contribution >= 4 is 5.78 Å². The number of benzene rings is 1. The van der Waals surface area contributed by atoms with E-state index >= 15 is 0 Å². The maximum absolute atomic E-state index is 12.9. The molecule has 1 saturated heterocycles. The molecule has 1 aromatic carbocycles. The van der Waals surface area contributed by atoms with Crippen molar-refractivity contribution in [3.8, 4) is 5.75 Å². The standard InChI is InChI=1S/C19H29NO2/c1-3-4-5-6-9-18(20-14-7-8-15-20)19(21)16-10-12-17(22-2)13-11-16/h10-13,18H,3-9,14-15H2,1-2H3. The minimum atomic E-state index is 0.0627. The van der Waals surface area contributed by atoms with Crippen LogP contribution in [-0.2, 0) is 0 Å². The van der Waals surface area contributed by atoms with Crippen LogP contribution in [0.5, 0.6) is 5.75 Å². The number of hydrogen-bond donors (Lipinski definition) is 0. The average Bonchev–Trinajstić information content (AvgIpc) is 3.08. The second-order valence-electron chi connectivity index (χ2n) is 6.20. The van der Waals surface area contributed by atoms with Gasteiger partial charge in [-0.05, 0) is 56.6 Å². The Balaban J connectivity index is 2.03. The van der Waals surface area contributed by atoms with Crippen LogP contribution in [0.25, 0.3) is 0 Å². The smallest absolute Gasteiger partial charge is 0.179 e. The zero-order valence-electron chi connectivity index (χ0n) is 14.0. The fraction of sp³-hybridized carbons (Fsp3) is 0.632. The zero-order chi connectivity index (χ0) is 15.8. The molecule has 1 atom stereocenters. The number of ketones is 1. The summed E-state index contributed by atoms with van der Waals surface area (Å²) in [4.78, 5) is 15.3. The Kier molecular flexibility index (Phi) is 6.91. The lowest BCUT2D eigenvalue weighted by atomic mass is 9.97. The molecule has 1 heterocycles. The van der Waals surface area contributed by atoms with E-state index in [-0.39, 0.29) is 11.8 Å². The summed E-state index contributed by atoms with van der Waals surface area (Å²) in [6.45, 7) is 4.36. The maximum atomic E-state index is 12.9. The summed E-state index contributed by atoms with van der Waals surface area (Å²) in [7, 11) is 1.65. The molecule has 1 aromatic rings. The van der Waals surface area contributed by atoms with E-state index in [1.54, 1.807) is 7.11 Å². The monoisotopic (exact) mass is 303 g/mol. The lowest BCUT2D eigenvalue weighted by molar-refractivity contribution is 0.0834. The third-order valence-electron chi connectivity index (χ3n) is 4.59. The summed E-state index contributed by atoms with van der Waals surface area (Å²) in [5, 5.41) is 0. The van der Waals surface area contributed by atoms with Gasteiger partial charge in [0.1, 0.15) is 5.75 Å². The average molecular weight is 303 g/mol. The molecule has 22 heavy (non-hydrogen) atoms. The van der Waals surface area contributed by atoms with E-state index in [4.69, 9.17) is 4.74 Å². The molecule has 0 aliphatic carbocycles. The van der Waals surface area contributed by atoms with Crippen molar-refractivity contribution < 1.29 is 9.53 Å². The molecule has 0 amide bonds. The second kappa shape index (κ2) is 8.94. The molecule has 1 unspecified atom stereocenters. The van der Waals surface area contributed by atoms with E-state index < -0.39 is 0 Å². The molecule has 0 N–H and O–H groups in total. The molecule has 0 saturated carbocycles. The summed E-state index contributed by atoms with van der Waals surface area (Å²) < 4.78 is 5.18. The molecule has 3 heteroatoms. The van der Waals surface area contributed by atoms with Crippen LogP contribution in [0.3, 0.4) is 0 Å². The van der Waals surface area contributed by atoms with Gasteiger partial charge in [-0.1, -0.05) is 32.6 Å². The Morgan fingerprint density at radius 2 is 1.82 bits per heavy atom. The topological polar surface area (TPSA) is 29.5 Å². The van der Waals surface area contributed by atoms with Gasteiger partial charge in [0, 0.05) is 5.56 Å². The van der Waals surface area contributed by atoms with Crippen molar-refractivity contribution in [2.45, 2.75) is 57.9 Å². The van der Waals surface area contributed by atoms with Gasteiger partial charge in [0.15, 0.2) is 5.78 Å². The minimum absolute atomic E-state index is 0.0627. The van der Waals surface area contributed by atoms with Gasteiger partial charge in [0.25, 0.3) is 0 Å². The van der Waals surface area contributed by atoms with Crippen LogP contribution < -0.4 is 4.74 Å². The predicted molar refractivity (Wildman–Crippen MR) is 90.7 cm³/mol. The number of methoxy groups -OCH3 is 1. The number of ether oxygens (including phenoxy) is 1. The van der Waals surface area contributed by atoms with Crippen LogP contribution in [0.2, 0.25) is 0 Å². The van der Waals surface area contributed by atoms with Crippen LogP contribution in [0, 0.1) is 0 Å². The first-order valence-corrected chi connectivity index (χ1v) is 8.68. The molecular weight excluding hydrogens is 274 g/mol. The van der Waals surface area contributed by atoms with Gasteiger partial charge in [-0.2, -0.15) is 0 Å². The van der Waals surface area contributed by atoms with E-state index in [2.05, 4.69) is 11.8 Å². The highest BCUT2D eigenvalue weighted by Gasteiger charge is 2.28. The highest BCUT2D eigenvalue weighted by atomic mass is 16.5. The molecule has 1 fully saturated rings. The van der Waals surface area contributed by atoms with Crippen molar-refractivity contribution in [1.82, 2.24) is 4.90 Å². The van der Waals surface area contributed by atoms with E-state index in [9.17, 15) is 4.79 Å². The third kappa shape index (κ3) is 4.57. The Bertz CT molecular complexity index is 449. The second-order valence-corrected chi connectivity index (χ2v) is 6.20. The van der Waals surface area contributed by atoms with E-state index in [0.29, 0.717) is 0 Å². The SMILES string of the molecule is CCCCCCC(C(=O)c1ccc(OC)cc1)N1CCCC1. The molecule has 0 radical (unpaired) electrons. The third-order valence-corrected chi connectivity index (χ3v) is 4.59. The number of hydrogen-bond acceptors (Lipinski definition) is 3. The molecular formula is C19H29NO2. The molecule has 1 aliphatic heterocycles. The van der Waals surface area contributed by atoms with Crippen molar-refractivity contribution in [2.24, 2.45) is 0 Å². The van der Waals surface area contributed by atoms with Gasteiger partial charge in [-0.15, -0.1) is 0 Å². The van der Waals surface area contributed by atoms with Crippen molar-refractivity contribution in [2.75, 3.05) is 20.2 Å². The normalized spacial score (nSPS) is 16.6. The molecule has 3 nitrogen and oxygen atoms in total. The molecule has 0 bridgehead atoms. The maximum Gasteiger partial charge on any atom is 0.179 e. The number of nitrogens with zero attached hydrogens (tertiary/aromatic N) is 1. The highest BCUT2D eigenvalue weighted by molar-refractivity contribution is 6.00. The first kappa shape index (κ1) is 17.0. The van der Waals surface area contributed by atoms with Gasteiger partial charge >= 0.3 is 0 Å². The molecule has 1 aliphatic rings. The van der Waals surface area contributed by atoms with Crippen LogP contribution in [0.4, 0.5) is 0 Å². The summed E-state index contributed by atoms with van der Waals surface area (Å²) in [5.41, 5.74) is 0.813.